The van der Waals surface area contributed by atoms with E-state index < -0.39 is 0 Å². The fraction of sp³-hybridized carbons (Fsp3) is 0.333. The maximum atomic E-state index is 8.93. The number of hydrogen-bond donors (Lipinski definition) is 2. The van der Waals surface area contributed by atoms with E-state index in [1.54, 1.807) is 0 Å². The van der Waals surface area contributed by atoms with E-state index >= 15 is 0 Å². The maximum absolute atomic E-state index is 8.93. The van der Waals surface area contributed by atoms with Crippen LogP contribution in [0.15, 0.2) is 54.6 Å². The lowest BCUT2D eigenvalue weighted by molar-refractivity contribution is 0.283. The smallest absolute Gasteiger partial charge is 0.0443 e. The molecule has 1 unspecified atom stereocenters. The van der Waals surface area contributed by atoms with Crippen LogP contribution in [0.25, 0.3) is 0 Å². The van der Waals surface area contributed by atoms with Crippen LogP contribution in [0, 0.1) is 6.92 Å². The average molecular weight is 269 g/mol. The van der Waals surface area contributed by atoms with Gasteiger partial charge in [0, 0.05) is 12.6 Å². The maximum Gasteiger partial charge on any atom is 0.0443 e. The molecule has 0 bridgehead atoms. The van der Waals surface area contributed by atoms with Crippen molar-refractivity contribution < 1.29 is 5.11 Å². The highest BCUT2D eigenvalue weighted by Gasteiger charge is 2.11. The Morgan fingerprint density at radius 3 is 2.35 bits per heavy atom. The summed E-state index contributed by atoms with van der Waals surface area (Å²) >= 11 is 0. The molecule has 1 atom stereocenters. The Labute approximate surface area is 121 Å². The second-order valence-electron chi connectivity index (χ2n) is 5.18. The zero-order valence-electron chi connectivity index (χ0n) is 12.0. The summed E-state index contributed by atoms with van der Waals surface area (Å²) in [6.07, 6.45) is 1.76. The molecule has 0 spiro atoms. The molecule has 2 aromatic carbocycles. The Bertz CT molecular complexity index is 493. The van der Waals surface area contributed by atoms with Gasteiger partial charge in [-0.2, -0.15) is 0 Å². The largest absolute Gasteiger partial charge is 0.396 e. The van der Waals surface area contributed by atoms with E-state index in [2.05, 4.69) is 60.8 Å². The molecule has 106 valence electrons. The summed E-state index contributed by atoms with van der Waals surface area (Å²) in [4.78, 5) is 0. The number of benzene rings is 2. The highest BCUT2D eigenvalue weighted by Crippen LogP contribution is 2.18. The summed E-state index contributed by atoms with van der Waals surface area (Å²) in [5.74, 6) is 0. The Morgan fingerprint density at radius 2 is 1.70 bits per heavy atom. The molecule has 2 rings (SSSR count). The van der Waals surface area contributed by atoms with Gasteiger partial charge in [0.1, 0.15) is 0 Å². The number of nitrogens with one attached hydrogen (secondary N) is 1. The zero-order valence-corrected chi connectivity index (χ0v) is 12.0. The van der Waals surface area contributed by atoms with Gasteiger partial charge in [0.25, 0.3) is 0 Å². The van der Waals surface area contributed by atoms with Crippen LogP contribution in [-0.4, -0.2) is 18.3 Å². The second kappa shape index (κ2) is 7.83. The summed E-state index contributed by atoms with van der Waals surface area (Å²) in [6.45, 7) is 3.18. The minimum Gasteiger partial charge on any atom is -0.396 e. The molecule has 0 aliphatic heterocycles. The Kier molecular flexibility index (Phi) is 5.78. The molecular weight excluding hydrogens is 246 g/mol. The minimum absolute atomic E-state index is 0.235. The monoisotopic (exact) mass is 269 g/mol. The lowest BCUT2D eigenvalue weighted by Crippen LogP contribution is -2.25. The predicted octanol–water partition coefficient (Wildman–Crippen LogP) is 3.25. The summed E-state index contributed by atoms with van der Waals surface area (Å²) < 4.78 is 0. The fourth-order valence-electron chi connectivity index (χ4n) is 2.31. The first-order valence-electron chi connectivity index (χ1n) is 7.24. The number of hydrogen-bond acceptors (Lipinski definition) is 2. The van der Waals surface area contributed by atoms with Crippen LogP contribution < -0.4 is 5.32 Å². The van der Waals surface area contributed by atoms with Crippen molar-refractivity contribution >= 4 is 0 Å². The Hall–Kier alpha value is -1.64. The van der Waals surface area contributed by atoms with Crippen molar-refractivity contribution in [3.8, 4) is 0 Å². The van der Waals surface area contributed by atoms with Gasteiger partial charge in [0.2, 0.25) is 0 Å². The van der Waals surface area contributed by atoms with E-state index in [9.17, 15) is 0 Å². The van der Waals surface area contributed by atoms with Crippen molar-refractivity contribution in [2.45, 2.75) is 25.8 Å². The van der Waals surface area contributed by atoms with Gasteiger partial charge < -0.3 is 10.4 Å². The van der Waals surface area contributed by atoms with E-state index in [-0.39, 0.29) is 6.61 Å². The van der Waals surface area contributed by atoms with Crippen molar-refractivity contribution in [2.24, 2.45) is 0 Å². The molecule has 2 nitrogen and oxygen atoms in total. The van der Waals surface area contributed by atoms with Crippen LogP contribution >= 0.6 is 0 Å². The average Bonchev–Trinajstić information content (AvgIpc) is 2.49. The molecule has 0 fully saturated rings. The molecule has 20 heavy (non-hydrogen) atoms. The van der Waals surface area contributed by atoms with Crippen molar-refractivity contribution in [2.75, 3.05) is 13.2 Å². The quantitative estimate of drug-likeness (QED) is 0.756. The first-order chi connectivity index (χ1) is 9.79. The second-order valence-corrected chi connectivity index (χ2v) is 5.18. The lowest BCUT2D eigenvalue weighted by Gasteiger charge is -2.19. The fourth-order valence-corrected chi connectivity index (χ4v) is 2.31. The molecule has 0 amide bonds. The molecule has 2 N–H and O–H groups in total. The number of aliphatic hydroxyl groups is 1. The predicted molar refractivity (Wildman–Crippen MR) is 83.8 cm³/mol. The molecule has 0 aromatic heterocycles. The molecule has 0 aliphatic rings. The SMILES string of the molecule is Cc1ccc(CC(NCCCO)c2ccccc2)cc1. The Morgan fingerprint density at radius 1 is 1.00 bits per heavy atom. The highest BCUT2D eigenvalue weighted by molar-refractivity contribution is 5.26. The summed E-state index contributed by atoms with van der Waals surface area (Å²) in [5, 5.41) is 12.5. The Balaban J connectivity index is 2.07. The summed E-state index contributed by atoms with van der Waals surface area (Å²) in [7, 11) is 0. The van der Waals surface area contributed by atoms with Crippen LogP contribution in [-0.2, 0) is 6.42 Å². The molecule has 0 aliphatic carbocycles. The molecule has 2 aromatic rings. The number of aryl methyl sites for hydroxylation is 1. The van der Waals surface area contributed by atoms with E-state index in [1.165, 1.54) is 16.7 Å². The van der Waals surface area contributed by atoms with Gasteiger partial charge >= 0.3 is 0 Å². The molecule has 2 heteroatoms. The zero-order chi connectivity index (χ0) is 14.2. The molecular formula is C18H23NO. The minimum atomic E-state index is 0.235. The van der Waals surface area contributed by atoms with E-state index in [1.807, 2.05) is 6.07 Å². The van der Waals surface area contributed by atoms with Crippen molar-refractivity contribution in [3.05, 3.63) is 71.3 Å². The third kappa shape index (κ3) is 4.48. The van der Waals surface area contributed by atoms with Crippen LogP contribution in [0.4, 0.5) is 0 Å². The van der Waals surface area contributed by atoms with Gasteiger partial charge in [0.05, 0.1) is 0 Å². The van der Waals surface area contributed by atoms with Gasteiger partial charge in [-0.1, -0.05) is 60.2 Å². The number of aliphatic hydroxyl groups excluding tert-OH is 1. The molecule has 0 heterocycles. The first kappa shape index (κ1) is 14.8. The third-order valence-corrected chi connectivity index (χ3v) is 3.49. The standard InChI is InChI=1S/C18H23NO/c1-15-8-10-16(11-9-15)14-18(19-12-5-13-20)17-6-3-2-4-7-17/h2-4,6-11,18-20H,5,12-14H2,1H3. The summed E-state index contributed by atoms with van der Waals surface area (Å²) in [5.41, 5.74) is 3.92. The van der Waals surface area contributed by atoms with Crippen LogP contribution in [0.1, 0.15) is 29.2 Å². The first-order valence-corrected chi connectivity index (χ1v) is 7.24. The lowest BCUT2D eigenvalue weighted by atomic mass is 9.98. The molecule has 0 radical (unpaired) electrons. The number of rotatable bonds is 7. The van der Waals surface area contributed by atoms with Crippen molar-refractivity contribution in [3.63, 3.8) is 0 Å². The van der Waals surface area contributed by atoms with Gasteiger partial charge in [-0.25, -0.2) is 0 Å². The van der Waals surface area contributed by atoms with Gasteiger partial charge in [-0.05, 0) is 37.4 Å². The van der Waals surface area contributed by atoms with Gasteiger partial charge in [0.15, 0.2) is 0 Å². The highest BCUT2D eigenvalue weighted by atomic mass is 16.3. The van der Waals surface area contributed by atoms with E-state index in [4.69, 9.17) is 5.11 Å². The van der Waals surface area contributed by atoms with Gasteiger partial charge in [-0.3, -0.25) is 0 Å². The van der Waals surface area contributed by atoms with Gasteiger partial charge in [-0.15, -0.1) is 0 Å². The third-order valence-electron chi connectivity index (χ3n) is 3.49. The molecule has 0 saturated carbocycles. The normalized spacial score (nSPS) is 12.3. The van der Waals surface area contributed by atoms with E-state index in [0.29, 0.717) is 6.04 Å². The van der Waals surface area contributed by atoms with E-state index in [0.717, 1.165) is 19.4 Å². The topological polar surface area (TPSA) is 32.3 Å². The summed E-state index contributed by atoms with van der Waals surface area (Å²) in [6, 6.07) is 19.5. The molecule has 0 saturated heterocycles. The van der Waals surface area contributed by atoms with Crippen LogP contribution in [0.2, 0.25) is 0 Å². The van der Waals surface area contributed by atoms with Crippen molar-refractivity contribution in [1.82, 2.24) is 5.32 Å². The van der Waals surface area contributed by atoms with Crippen LogP contribution in [0.3, 0.4) is 0 Å². The van der Waals surface area contributed by atoms with Crippen molar-refractivity contribution in [1.29, 1.82) is 0 Å². The van der Waals surface area contributed by atoms with Crippen LogP contribution in [0.5, 0.6) is 0 Å².